The van der Waals surface area contributed by atoms with Gasteiger partial charge >= 0.3 is 11.9 Å². The average Bonchev–Trinajstić information content (AvgIpc) is 3.29. The highest BCUT2D eigenvalue weighted by molar-refractivity contribution is 6.06. The van der Waals surface area contributed by atoms with Gasteiger partial charge in [-0.3, -0.25) is 14.6 Å². The van der Waals surface area contributed by atoms with Gasteiger partial charge in [-0.05, 0) is 120 Å². The van der Waals surface area contributed by atoms with E-state index in [0.717, 1.165) is 42.0 Å². The summed E-state index contributed by atoms with van der Waals surface area (Å²) in [5.41, 5.74) is 2.56. The second-order valence-corrected chi connectivity index (χ2v) is 17.0. The Morgan fingerprint density at radius 2 is 1.53 bits per heavy atom. The second kappa shape index (κ2) is 12.5. The fourth-order valence-corrected chi connectivity index (χ4v) is 11.8. The molecule has 4 fully saturated rings. The summed E-state index contributed by atoms with van der Waals surface area (Å²) in [6.07, 6.45) is 13.5. The van der Waals surface area contributed by atoms with E-state index in [1.807, 2.05) is 0 Å². The summed E-state index contributed by atoms with van der Waals surface area (Å²) >= 11 is 0. The third-order valence-corrected chi connectivity index (χ3v) is 13.8. The molecule has 0 aromatic carbocycles. The molecule has 0 bridgehead atoms. The van der Waals surface area contributed by atoms with Crippen LogP contribution in [0.3, 0.4) is 0 Å². The van der Waals surface area contributed by atoms with Crippen LogP contribution in [0, 0.1) is 50.7 Å². The van der Waals surface area contributed by atoms with Crippen LogP contribution in [0.5, 0.6) is 0 Å². The van der Waals surface area contributed by atoms with Crippen LogP contribution in [0.25, 0.3) is 0 Å². The molecule has 5 aliphatic carbocycles. The zero-order chi connectivity index (χ0) is 34.6. The van der Waals surface area contributed by atoms with E-state index >= 15 is 0 Å². The highest BCUT2D eigenvalue weighted by Gasteiger charge is 2.70. The lowest BCUT2D eigenvalue weighted by atomic mass is 9.33. The summed E-state index contributed by atoms with van der Waals surface area (Å²) in [6, 6.07) is 3.47. The number of hydrogen-bond donors (Lipinski definition) is 1. The molecule has 7 atom stereocenters. The zero-order valence-corrected chi connectivity index (χ0v) is 30.1. The van der Waals surface area contributed by atoms with Crippen molar-refractivity contribution in [2.24, 2.45) is 50.7 Å². The molecule has 1 heterocycles. The molecule has 8 heteroatoms. The first-order valence-corrected chi connectivity index (χ1v) is 17.8. The number of anilines is 1. The van der Waals surface area contributed by atoms with Crippen molar-refractivity contribution in [3.8, 4) is 0 Å². The minimum Gasteiger partial charge on any atom is -0.326 e. The van der Waals surface area contributed by atoms with Gasteiger partial charge in [0.05, 0.1) is 0 Å². The Hall–Kier alpha value is -3.03. The highest BCUT2D eigenvalue weighted by Crippen LogP contribution is 2.76. The maximum atomic E-state index is 13.6. The number of nitrogens with zero attached hydrogens (tertiary/aromatic N) is 1. The van der Waals surface area contributed by atoms with Gasteiger partial charge in [-0.25, -0.2) is 19.4 Å². The fourth-order valence-electron chi connectivity index (χ4n) is 11.8. The van der Waals surface area contributed by atoms with Crippen LogP contribution < -0.4 is 5.32 Å². The SMILES string of the molecule is CC(=O)Nc1ccncc1.CC(=O)OOC(=O)[C@@]12CC[C@]3(C)[C@H](CC[C@@H]4[C@@]5(C)CCCC(C)(C)[C@@H]5CC[C@]43C)C1=C(C(C)C)C(=O)C2. The van der Waals surface area contributed by atoms with E-state index in [4.69, 9.17) is 9.78 Å². The molecule has 1 N–H and O–H groups in total. The Balaban J connectivity index is 0.000000371. The van der Waals surface area contributed by atoms with E-state index in [-0.39, 0.29) is 40.8 Å². The van der Waals surface area contributed by atoms with Gasteiger partial charge < -0.3 is 5.32 Å². The summed E-state index contributed by atoms with van der Waals surface area (Å²) in [7, 11) is 0. The number of ketones is 1. The number of pyridine rings is 1. The van der Waals surface area contributed by atoms with E-state index < -0.39 is 17.4 Å². The van der Waals surface area contributed by atoms with E-state index in [0.29, 0.717) is 23.2 Å². The van der Waals surface area contributed by atoms with Crippen LogP contribution >= 0.6 is 0 Å². The number of rotatable bonds is 3. The van der Waals surface area contributed by atoms with Crippen LogP contribution in [-0.2, 0) is 29.0 Å². The second-order valence-electron chi connectivity index (χ2n) is 17.0. The van der Waals surface area contributed by atoms with Gasteiger partial charge in [0.1, 0.15) is 5.41 Å². The first-order chi connectivity index (χ1) is 21.9. The number of nitrogens with one attached hydrogen (secondary N) is 1. The maximum absolute atomic E-state index is 13.6. The van der Waals surface area contributed by atoms with Crippen molar-refractivity contribution >= 4 is 29.3 Å². The molecule has 6 rings (SSSR count). The number of fused-ring (bicyclic) bond motifs is 7. The lowest BCUT2D eigenvalue weighted by Gasteiger charge is -2.71. The number of aromatic nitrogens is 1. The van der Waals surface area contributed by atoms with Crippen LogP contribution in [0.4, 0.5) is 5.69 Å². The number of allylic oxidation sites excluding steroid dienone is 1. The van der Waals surface area contributed by atoms with Gasteiger partial charge in [0.2, 0.25) is 5.91 Å². The minimum atomic E-state index is -0.993. The summed E-state index contributed by atoms with van der Waals surface area (Å²) in [4.78, 5) is 62.7. The first-order valence-electron chi connectivity index (χ1n) is 17.8. The molecule has 5 aliphatic rings. The Kier molecular flexibility index (Phi) is 9.35. The van der Waals surface area contributed by atoms with Crippen molar-refractivity contribution in [1.29, 1.82) is 0 Å². The van der Waals surface area contributed by atoms with Gasteiger partial charge in [-0.15, -0.1) is 0 Å². The lowest BCUT2D eigenvalue weighted by Crippen LogP contribution is -2.64. The van der Waals surface area contributed by atoms with Gasteiger partial charge in [0.25, 0.3) is 0 Å². The summed E-state index contributed by atoms with van der Waals surface area (Å²) in [5.74, 6) is 0.432. The number of hydrogen-bond acceptors (Lipinski definition) is 7. The third-order valence-electron chi connectivity index (χ3n) is 13.8. The Labute approximate surface area is 281 Å². The predicted molar refractivity (Wildman–Crippen MR) is 180 cm³/mol. The number of amides is 1. The van der Waals surface area contributed by atoms with Crippen molar-refractivity contribution in [2.45, 2.75) is 127 Å². The molecule has 47 heavy (non-hydrogen) atoms. The van der Waals surface area contributed by atoms with E-state index in [1.165, 1.54) is 46.0 Å². The van der Waals surface area contributed by atoms with Crippen molar-refractivity contribution in [3.05, 3.63) is 35.7 Å². The third kappa shape index (κ3) is 5.75. The van der Waals surface area contributed by atoms with E-state index in [1.54, 1.807) is 24.5 Å². The Morgan fingerprint density at radius 3 is 2.15 bits per heavy atom. The van der Waals surface area contributed by atoms with Crippen molar-refractivity contribution in [2.75, 3.05) is 5.32 Å². The topological polar surface area (TPSA) is 112 Å². The standard InChI is InChI=1S/C32H48O5.C7H8N2O/c1-19(2)25-22(34)18-32(27(35)37-36-20(3)33)17-16-30(7)21(26(25)32)10-11-24-29(6)14-9-13-28(4,5)23(29)12-15-31(24,30)8;1-6(10)9-7-2-4-8-5-3-7/h19,21,23-24H,9-18H2,1-8H3;2-5H,1H3,(H,8,9,10)/t21-,23+,24-,29+,30-,31-,32-;/m1./s1. The Morgan fingerprint density at radius 1 is 0.851 bits per heavy atom. The van der Waals surface area contributed by atoms with E-state index in [9.17, 15) is 19.2 Å². The normalized spacial score (nSPS) is 36.9. The monoisotopic (exact) mass is 648 g/mol. The quantitative estimate of drug-likeness (QED) is 0.259. The van der Waals surface area contributed by atoms with Gasteiger partial charge in [-0.1, -0.05) is 54.9 Å². The van der Waals surface area contributed by atoms with Crippen molar-refractivity contribution in [3.63, 3.8) is 0 Å². The van der Waals surface area contributed by atoms with Crippen LogP contribution in [0.15, 0.2) is 35.7 Å². The van der Waals surface area contributed by atoms with Crippen LogP contribution in [0.2, 0.25) is 0 Å². The zero-order valence-electron chi connectivity index (χ0n) is 30.1. The van der Waals surface area contributed by atoms with Gasteiger partial charge in [0.15, 0.2) is 5.78 Å². The molecule has 0 radical (unpaired) electrons. The largest absolute Gasteiger partial charge is 0.366 e. The summed E-state index contributed by atoms with van der Waals surface area (Å²) < 4.78 is 0. The molecule has 1 aromatic heterocycles. The summed E-state index contributed by atoms with van der Waals surface area (Å²) in [6.45, 7) is 19.5. The number of carbonyl (C=O) groups is 4. The molecular formula is C39H56N2O6. The van der Waals surface area contributed by atoms with Crippen LogP contribution in [0.1, 0.15) is 127 Å². The molecule has 1 amide bonds. The lowest BCUT2D eigenvalue weighted by molar-refractivity contribution is -0.267. The molecule has 0 unspecified atom stereocenters. The predicted octanol–water partition coefficient (Wildman–Crippen LogP) is 8.42. The molecule has 0 saturated heterocycles. The molecule has 4 saturated carbocycles. The molecule has 0 aliphatic heterocycles. The Bertz CT molecular complexity index is 1450. The molecule has 8 nitrogen and oxygen atoms in total. The minimum absolute atomic E-state index is 0.0107. The number of Topliss-reactive ketones (excluding diaryl/α,β-unsaturated/α-hetero) is 1. The van der Waals surface area contributed by atoms with Gasteiger partial charge in [0, 0.05) is 38.3 Å². The first kappa shape index (κ1) is 35.3. The molecule has 1 aromatic rings. The fraction of sp³-hybridized carbons (Fsp3) is 0.718. The molecule has 258 valence electrons. The maximum Gasteiger partial charge on any atom is 0.366 e. The highest BCUT2D eigenvalue weighted by atomic mass is 17.2. The molecule has 0 spiro atoms. The van der Waals surface area contributed by atoms with Crippen LogP contribution in [-0.4, -0.2) is 28.6 Å². The average molecular weight is 649 g/mol. The van der Waals surface area contributed by atoms with Crippen molar-refractivity contribution < 1.29 is 29.0 Å². The summed E-state index contributed by atoms with van der Waals surface area (Å²) in [5, 5.41) is 2.63. The van der Waals surface area contributed by atoms with E-state index in [2.05, 4.69) is 58.8 Å². The van der Waals surface area contributed by atoms with Crippen molar-refractivity contribution in [1.82, 2.24) is 4.98 Å². The number of carbonyl (C=O) groups excluding carboxylic acids is 4. The smallest absolute Gasteiger partial charge is 0.326 e. The molecular weight excluding hydrogens is 592 g/mol. The van der Waals surface area contributed by atoms with Gasteiger partial charge in [-0.2, -0.15) is 0 Å².